The molecule has 5 heteroatoms. The number of non-ortho nitro benzene ring substituents is 1. The molecule has 2 aromatic rings. The van der Waals surface area contributed by atoms with Gasteiger partial charge in [0.1, 0.15) is 0 Å². The van der Waals surface area contributed by atoms with Gasteiger partial charge in [-0.3, -0.25) is 10.1 Å². The van der Waals surface area contributed by atoms with Crippen LogP contribution in [-0.2, 0) is 6.54 Å². The second-order valence-electron chi connectivity index (χ2n) is 4.65. The molecule has 0 fully saturated rings. The van der Waals surface area contributed by atoms with Crippen LogP contribution in [0.1, 0.15) is 16.7 Å². The summed E-state index contributed by atoms with van der Waals surface area (Å²) in [5.74, 6) is 0. The first kappa shape index (κ1) is 14.3. The molecule has 104 valence electrons. The van der Waals surface area contributed by atoms with Gasteiger partial charge in [-0.15, -0.1) is 0 Å². The van der Waals surface area contributed by atoms with Gasteiger partial charge in [-0.25, -0.2) is 0 Å². The number of aryl methyl sites for hydroxylation is 2. The van der Waals surface area contributed by atoms with Crippen LogP contribution >= 0.6 is 11.6 Å². The van der Waals surface area contributed by atoms with Crippen molar-refractivity contribution in [2.24, 2.45) is 0 Å². The van der Waals surface area contributed by atoms with E-state index in [2.05, 4.69) is 5.32 Å². The summed E-state index contributed by atoms with van der Waals surface area (Å²) < 4.78 is 0. The van der Waals surface area contributed by atoms with Gasteiger partial charge >= 0.3 is 0 Å². The topological polar surface area (TPSA) is 55.2 Å². The lowest BCUT2D eigenvalue weighted by molar-refractivity contribution is -0.384. The highest BCUT2D eigenvalue weighted by molar-refractivity contribution is 6.31. The Morgan fingerprint density at radius 2 is 1.85 bits per heavy atom. The Bertz CT molecular complexity index is 636. The summed E-state index contributed by atoms with van der Waals surface area (Å²) in [6.07, 6.45) is 0. The number of nitro benzene ring substituents is 1. The van der Waals surface area contributed by atoms with Crippen LogP contribution in [0.3, 0.4) is 0 Å². The predicted octanol–water partition coefficient (Wildman–Crippen LogP) is 4.48. The zero-order valence-electron chi connectivity index (χ0n) is 11.3. The number of hydrogen-bond donors (Lipinski definition) is 1. The van der Waals surface area contributed by atoms with Crippen molar-refractivity contribution >= 4 is 23.0 Å². The van der Waals surface area contributed by atoms with Gasteiger partial charge in [0.2, 0.25) is 0 Å². The van der Waals surface area contributed by atoms with E-state index in [-0.39, 0.29) is 5.69 Å². The minimum atomic E-state index is -0.450. The summed E-state index contributed by atoms with van der Waals surface area (Å²) in [5.41, 5.74) is 4.22. The zero-order chi connectivity index (χ0) is 14.7. The summed E-state index contributed by atoms with van der Waals surface area (Å²) in [4.78, 5) is 10.2. The number of nitro groups is 1. The Hall–Kier alpha value is -2.07. The molecule has 0 radical (unpaired) electrons. The smallest absolute Gasteiger partial charge is 0.270 e. The number of halogens is 1. The van der Waals surface area contributed by atoms with Gasteiger partial charge in [-0.2, -0.15) is 0 Å². The maximum absolute atomic E-state index is 10.7. The summed E-state index contributed by atoms with van der Waals surface area (Å²) in [6.45, 7) is 4.60. The normalized spacial score (nSPS) is 10.3. The van der Waals surface area contributed by atoms with Crippen molar-refractivity contribution in [2.75, 3.05) is 5.32 Å². The highest BCUT2D eigenvalue weighted by Gasteiger charge is 2.10. The van der Waals surface area contributed by atoms with Crippen molar-refractivity contribution in [1.82, 2.24) is 0 Å². The zero-order valence-corrected chi connectivity index (χ0v) is 12.1. The van der Waals surface area contributed by atoms with Crippen LogP contribution in [0, 0.1) is 24.0 Å². The van der Waals surface area contributed by atoms with Crippen LogP contribution in [0.25, 0.3) is 0 Å². The van der Waals surface area contributed by atoms with Crippen LogP contribution < -0.4 is 5.32 Å². The third kappa shape index (κ3) is 3.08. The van der Waals surface area contributed by atoms with Crippen LogP contribution in [0.15, 0.2) is 36.4 Å². The Morgan fingerprint density at radius 1 is 1.20 bits per heavy atom. The Balaban J connectivity index is 2.17. The molecule has 0 heterocycles. The fraction of sp³-hybridized carbons (Fsp3) is 0.200. The Labute approximate surface area is 122 Å². The first-order valence-electron chi connectivity index (χ1n) is 6.22. The van der Waals surface area contributed by atoms with Gasteiger partial charge in [-0.1, -0.05) is 29.8 Å². The second-order valence-corrected chi connectivity index (χ2v) is 5.06. The van der Waals surface area contributed by atoms with Crippen LogP contribution in [0.5, 0.6) is 0 Å². The molecule has 20 heavy (non-hydrogen) atoms. The maximum Gasteiger partial charge on any atom is 0.270 e. The third-order valence-corrected chi connectivity index (χ3v) is 3.54. The highest BCUT2D eigenvalue weighted by atomic mass is 35.5. The van der Waals surface area contributed by atoms with E-state index in [1.54, 1.807) is 6.07 Å². The number of anilines is 1. The predicted molar refractivity (Wildman–Crippen MR) is 81.3 cm³/mol. The van der Waals surface area contributed by atoms with E-state index in [0.29, 0.717) is 11.6 Å². The van der Waals surface area contributed by atoms with Gasteiger partial charge < -0.3 is 5.32 Å². The second kappa shape index (κ2) is 5.92. The molecule has 0 atom stereocenters. The number of para-hydroxylation sites is 1. The SMILES string of the molecule is Cc1cccc(C)c1NCc1ccc([N+](=O)[O-])cc1Cl. The number of rotatable bonds is 4. The van der Waals surface area contributed by atoms with Crippen LogP contribution in [0.4, 0.5) is 11.4 Å². The van der Waals surface area contributed by atoms with Crippen molar-refractivity contribution in [3.05, 3.63) is 68.2 Å². The molecular weight excluding hydrogens is 276 g/mol. The van der Waals surface area contributed by atoms with E-state index in [1.807, 2.05) is 32.0 Å². The van der Waals surface area contributed by atoms with E-state index in [1.165, 1.54) is 12.1 Å². The highest BCUT2D eigenvalue weighted by Crippen LogP contribution is 2.25. The monoisotopic (exact) mass is 290 g/mol. The van der Waals surface area contributed by atoms with Gasteiger partial charge in [0.25, 0.3) is 5.69 Å². The van der Waals surface area contributed by atoms with Crippen molar-refractivity contribution in [3.8, 4) is 0 Å². The summed E-state index contributed by atoms with van der Waals surface area (Å²) in [5, 5.41) is 14.4. The lowest BCUT2D eigenvalue weighted by Crippen LogP contribution is -2.03. The number of nitrogens with one attached hydrogen (secondary N) is 1. The molecule has 0 bridgehead atoms. The van der Waals surface area contributed by atoms with Crippen molar-refractivity contribution in [1.29, 1.82) is 0 Å². The Morgan fingerprint density at radius 3 is 2.40 bits per heavy atom. The van der Waals surface area contributed by atoms with E-state index >= 15 is 0 Å². The first-order valence-corrected chi connectivity index (χ1v) is 6.59. The lowest BCUT2D eigenvalue weighted by Gasteiger charge is -2.13. The minimum absolute atomic E-state index is 0.00539. The van der Waals surface area contributed by atoms with Crippen molar-refractivity contribution in [3.63, 3.8) is 0 Å². The fourth-order valence-electron chi connectivity index (χ4n) is 2.07. The fourth-order valence-corrected chi connectivity index (χ4v) is 2.31. The van der Waals surface area contributed by atoms with Crippen molar-refractivity contribution < 1.29 is 4.92 Å². The molecule has 0 aromatic heterocycles. The van der Waals surface area contributed by atoms with E-state index in [4.69, 9.17) is 11.6 Å². The van der Waals surface area contributed by atoms with Gasteiger partial charge in [-0.05, 0) is 36.6 Å². The molecule has 1 N–H and O–H groups in total. The molecule has 0 saturated carbocycles. The van der Waals surface area contributed by atoms with Crippen LogP contribution in [0.2, 0.25) is 5.02 Å². The van der Waals surface area contributed by atoms with E-state index in [9.17, 15) is 10.1 Å². The number of nitrogens with zero attached hydrogens (tertiary/aromatic N) is 1. The summed E-state index contributed by atoms with van der Waals surface area (Å²) in [7, 11) is 0. The molecule has 0 amide bonds. The molecular formula is C15H15ClN2O2. The Kier molecular flexibility index (Phi) is 4.25. The quantitative estimate of drug-likeness (QED) is 0.667. The van der Waals surface area contributed by atoms with Gasteiger partial charge in [0.15, 0.2) is 0 Å². The van der Waals surface area contributed by atoms with Gasteiger partial charge in [0, 0.05) is 24.4 Å². The molecule has 2 aromatic carbocycles. The molecule has 0 aliphatic rings. The molecule has 0 aliphatic carbocycles. The standard InChI is InChI=1S/C15H15ClN2O2/c1-10-4-3-5-11(2)15(10)17-9-12-6-7-13(18(19)20)8-14(12)16/h3-8,17H,9H2,1-2H3. The first-order chi connectivity index (χ1) is 9.49. The minimum Gasteiger partial charge on any atom is -0.380 e. The van der Waals surface area contributed by atoms with Crippen molar-refractivity contribution in [2.45, 2.75) is 20.4 Å². The molecule has 4 nitrogen and oxygen atoms in total. The molecule has 0 unspecified atom stereocenters. The van der Waals surface area contributed by atoms with E-state index in [0.717, 1.165) is 22.4 Å². The van der Waals surface area contributed by atoms with E-state index < -0.39 is 4.92 Å². The van der Waals surface area contributed by atoms with Gasteiger partial charge in [0.05, 0.1) is 9.95 Å². The lowest BCUT2D eigenvalue weighted by atomic mass is 10.1. The largest absolute Gasteiger partial charge is 0.380 e. The molecule has 0 aliphatic heterocycles. The summed E-state index contributed by atoms with van der Waals surface area (Å²) >= 11 is 6.07. The number of benzene rings is 2. The molecule has 0 saturated heterocycles. The van der Waals surface area contributed by atoms with Crippen LogP contribution in [-0.4, -0.2) is 4.92 Å². The molecule has 2 rings (SSSR count). The number of hydrogen-bond acceptors (Lipinski definition) is 3. The summed E-state index contributed by atoms with van der Waals surface area (Å²) in [6, 6.07) is 10.6. The maximum atomic E-state index is 10.7. The third-order valence-electron chi connectivity index (χ3n) is 3.18. The average Bonchev–Trinajstić information content (AvgIpc) is 2.39. The molecule has 0 spiro atoms. The average molecular weight is 291 g/mol.